The maximum atomic E-state index is 13.2. The Morgan fingerprint density at radius 2 is 1.54 bits per heavy atom. The Bertz CT molecular complexity index is 987. The summed E-state index contributed by atoms with van der Waals surface area (Å²) in [6, 6.07) is 10.7. The van der Waals surface area contributed by atoms with Crippen LogP contribution in [0.25, 0.3) is 10.8 Å². The highest BCUT2D eigenvalue weighted by molar-refractivity contribution is 5.94. The smallest absolute Gasteiger partial charge is 0.334 e. The van der Waals surface area contributed by atoms with Crippen LogP contribution < -0.4 is 26.8 Å². The highest BCUT2D eigenvalue weighted by Gasteiger charge is 2.30. The number of nitrogens with two attached hydrogens (primary N) is 2. The van der Waals surface area contributed by atoms with Crippen LogP contribution in [0.5, 0.6) is 5.75 Å². The van der Waals surface area contributed by atoms with E-state index in [1.165, 1.54) is 0 Å². The summed E-state index contributed by atoms with van der Waals surface area (Å²) in [7, 11) is 0. The summed E-state index contributed by atoms with van der Waals surface area (Å²) >= 11 is 0. The lowest BCUT2D eigenvalue weighted by Gasteiger charge is -2.25. The van der Waals surface area contributed by atoms with Gasteiger partial charge in [0, 0.05) is 5.39 Å². The van der Waals surface area contributed by atoms with Crippen LogP contribution in [0, 0.1) is 11.8 Å². The molecule has 0 saturated carbocycles. The van der Waals surface area contributed by atoms with Crippen molar-refractivity contribution < 1.29 is 19.1 Å². The molecule has 35 heavy (non-hydrogen) atoms. The first kappa shape index (κ1) is 28.3. The minimum Gasteiger partial charge on any atom is -0.424 e. The molecule has 2 aromatic rings. The maximum Gasteiger partial charge on any atom is 0.334 e. The van der Waals surface area contributed by atoms with E-state index in [1.54, 1.807) is 6.07 Å². The van der Waals surface area contributed by atoms with Gasteiger partial charge in [-0.25, -0.2) is 4.79 Å². The molecule has 3 atom stereocenters. The number of nitrogens with one attached hydrogen (secondary N) is 2. The Morgan fingerprint density at radius 3 is 2.20 bits per heavy atom. The molecule has 2 rings (SSSR count). The highest BCUT2D eigenvalue weighted by atomic mass is 16.5. The Morgan fingerprint density at radius 1 is 0.886 bits per heavy atom. The van der Waals surface area contributed by atoms with Gasteiger partial charge in [-0.1, -0.05) is 64.1 Å². The number of rotatable bonds is 13. The summed E-state index contributed by atoms with van der Waals surface area (Å²) in [6.07, 6.45) is 2.14. The SMILES string of the molecule is CC(C)C[C@H](NC(=O)[C@H](N)C(C)C)C(=O)N[C@@H](CCCCN)C(=O)Oc1cccc2ccccc12. The van der Waals surface area contributed by atoms with Crippen molar-refractivity contribution in [3.63, 3.8) is 0 Å². The van der Waals surface area contributed by atoms with E-state index in [9.17, 15) is 14.4 Å². The van der Waals surface area contributed by atoms with Gasteiger partial charge in [0.05, 0.1) is 6.04 Å². The van der Waals surface area contributed by atoms with Crippen LogP contribution in [0.2, 0.25) is 0 Å². The zero-order valence-corrected chi connectivity index (χ0v) is 21.3. The second kappa shape index (κ2) is 13.8. The number of unbranched alkanes of at least 4 members (excludes halogenated alkanes) is 1. The number of hydrogen-bond donors (Lipinski definition) is 4. The first-order chi connectivity index (χ1) is 16.6. The Balaban J connectivity index is 2.20. The lowest BCUT2D eigenvalue weighted by molar-refractivity contribution is -0.140. The zero-order chi connectivity index (χ0) is 26.0. The van der Waals surface area contributed by atoms with E-state index in [4.69, 9.17) is 16.2 Å². The van der Waals surface area contributed by atoms with Crippen LogP contribution in [0.4, 0.5) is 0 Å². The second-order valence-corrected chi connectivity index (χ2v) is 9.70. The number of benzene rings is 2. The molecular weight excluding hydrogens is 444 g/mol. The van der Waals surface area contributed by atoms with Crippen LogP contribution in [0.1, 0.15) is 53.4 Å². The van der Waals surface area contributed by atoms with E-state index in [-0.39, 0.29) is 17.7 Å². The molecule has 2 aromatic carbocycles. The van der Waals surface area contributed by atoms with Crippen molar-refractivity contribution in [3.8, 4) is 5.75 Å². The van der Waals surface area contributed by atoms with Crippen molar-refractivity contribution in [2.45, 2.75) is 71.5 Å². The van der Waals surface area contributed by atoms with E-state index in [2.05, 4.69) is 10.6 Å². The molecule has 0 fully saturated rings. The highest BCUT2D eigenvalue weighted by Crippen LogP contribution is 2.25. The number of fused-ring (bicyclic) bond motifs is 1. The van der Waals surface area contributed by atoms with Crippen LogP contribution in [0.3, 0.4) is 0 Å². The molecule has 192 valence electrons. The van der Waals surface area contributed by atoms with Gasteiger partial charge in [-0.15, -0.1) is 0 Å². The molecule has 8 nitrogen and oxygen atoms in total. The van der Waals surface area contributed by atoms with E-state index in [1.807, 2.05) is 64.1 Å². The average molecular weight is 485 g/mol. The van der Waals surface area contributed by atoms with Crippen molar-refractivity contribution in [1.82, 2.24) is 10.6 Å². The van der Waals surface area contributed by atoms with E-state index >= 15 is 0 Å². The van der Waals surface area contributed by atoms with Gasteiger partial charge >= 0.3 is 5.97 Å². The van der Waals surface area contributed by atoms with Crippen LogP contribution in [0.15, 0.2) is 42.5 Å². The van der Waals surface area contributed by atoms with Gasteiger partial charge in [0.2, 0.25) is 11.8 Å². The van der Waals surface area contributed by atoms with Crippen molar-refractivity contribution in [2.24, 2.45) is 23.3 Å². The molecule has 2 amide bonds. The molecule has 0 radical (unpaired) electrons. The second-order valence-electron chi connectivity index (χ2n) is 9.70. The Labute approximate surface area is 208 Å². The van der Waals surface area contributed by atoms with Crippen LogP contribution >= 0.6 is 0 Å². The molecular formula is C27H40N4O4. The monoisotopic (exact) mass is 484 g/mol. The van der Waals surface area contributed by atoms with Gasteiger partial charge in [-0.05, 0) is 55.5 Å². The fraction of sp³-hybridized carbons (Fsp3) is 0.519. The summed E-state index contributed by atoms with van der Waals surface area (Å²) < 4.78 is 5.74. The van der Waals surface area contributed by atoms with Crippen molar-refractivity contribution in [2.75, 3.05) is 6.54 Å². The van der Waals surface area contributed by atoms with E-state index in [0.717, 1.165) is 10.8 Å². The summed E-state index contributed by atoms with van der Waals surface area (Å²) in [5.41, 5.74) is 11.6. The topological polar surface area (TPSA) is 137 Å². The summed E-state index contributed by atoms with van der Waals surface area (Å²) in [5, 5.41) is 7.34. The van der Waals surface area contributed by atoms with Gasteiger partial charge < -0.3 is 26.8 Å². The predicted octanol–water partition coefficient (Wildman–Crippen LogP) is 2.87. The minimum atomic E-state index is -0.877. The lowest BCUT2D eigenvalue weighted by Crippen LogP contribution is -2.56. The molecule has 6 N–H and O–H groups in total. The minimum absolute atomic E-state index is 0.0718. The molecule has 0 aliphatic carbocycles. The van der Waals surface area contributed by atoms with Gasteiger partial charge in [0.15, 0.2) is 0 Å². The molecule has 0 aliphatic rings. The largest absolute Gasteiger partial charge is 0.424 e. The zero-order valence-electron chi connectivity index (χ0n) is 21.3. The quantitative estimate of drug-likeness (QED) is 0.196. The fourth-order valence-corrected chi connectivity index (χ4v) is 3.75. The Hall–Kier alpha value is -2.97. The molecule has 0 heterocycles. The average Bonchev–Trinajstić information content (AvgIpc) is 2.82. The van der Waals surface area contributed by atoms with Crippen LogP contribution in [-0.4, -0.2) is 42.5 Å². The number of carbonyl (C=O) groups is 3. The molecule has 0 bridgehead atoms. The summed E-state index contributed by atoms with van der Waals surface area (Å²) in [5.74, 6) is -0.882. The first-order valence-electron chi connectivity index (χ1n) is 12.4. The van der Waals surface area contributed by atoms with Crippen molar-refractivity contribution >= 4 is 28.6 Å². The van der Waals surface area contributed by atoms with Gasteiger partial charge in [-0.2, -0.15) is 0 Å². The molecule has 0 saturated heterocycles. The number of carbonyl (C=O) groups excluding carboxylic acids is 3. The van der Waals surface area contributed by atoms with Gasteiger partial charge in [-0.3, -0.25) is 9.59 Å². The number of esters is 1. The van der Waals surface area contributed by atoms with Gasteiger partial charge in [0.1, 0.15) is 17.8 Å². The van der Waals surface area contributed by atoms with E-state index in [0.29, 0.717) is 38.0 Å². The molecule has 8 heteroatoms. The number of hydrogen-bond acceptors (Lipinski definition) is 6. The molecule has 0 unspecified atom stereocenters. The number of ether oxygens (including phenoxy) is 1. The predicted molar refractivity (Wildman–Crippen MR) is 139 cm³/mol. The maximum absolute atomic E-state index is 13.2. The Kier molecular flexibility index (Phi) is 11.1. The summed E-state index contributed by atoms with van der Waals surface area (Å²) in [6.45, 7) is 8.10. The fourth-order valence-electron chi connectivity index (χ4n) is 3.75. The first-order valence-corrected chi connectivity index (χ1v) is 12.4. The third-order valence-electron chi connectivity index (χ3n) is 5.87. The van der Waals surface area contributed by atoms with Crippen molar-refractivity contribution in [3.05, 3.63) is 42.5 Å². The van der Waals surface area contributed by atoms with Gasteiger partial charge in [0.25, 0.3) is 0 Å². The van der Waals surface area contributed by atoms with E-state index < -0.39 is 30.0 Å². The number of amides is 2. The third kappa shape index (κ3) is 8.64. The lowest BCUT2D eigenvalue weighted by atomic mass is 10.00. The molecule has 0 aliphatic heterocycles. The van der Waals surface area contributed by atoms with Crippen molar-refractivity contribution in [1.29, 1.82) is 0 Å². The molecule has 0 aromatic heterocycles. The summed E-state index contributed by atoms with van der Waals surface area (Å²) in [4.78, 5) is 39.0. The normalized spacial score (nSPS) is 13.9. The molecule has 0 spiro atoms. The standard InChI is InChI=1S/C27H40N4O4/c1-17(2)16-22(31-26(33)24(29)18(3)4)25(32)30-21(13-7-8-15-28)27(34)35-23-14-9-11-19-10-5-6-12-20(19)23/h5-6,9-12,14,17-18,21-22,24H,7-8,13,15-16,28-29H2,1-4H3,(H,30,32)(H,31,33)/t21-,22-,24+/m0/s1. The van der Waals surface area contributed by atoms with Crippen LogP contribution in [-0.2, 0) is 14.4 Å². The third-order valence-corrected chi connectivity index (χ3v) is 5.87.